The fourth-order valence-corrected chi connectivity index (χ4v) is 6.09. The topological polar surface area (TPSA) is 44.8 Å². The quantitative estimate of drug-likeness (QED) is 0.295. The Morgan fingerprint density at radius 3 is 1.88 bits per heavy atom. The maximum absolute atomic E-state index is 11.9. The van der Waals surface area contributed by atoms with Gasteiger partial charge in [0, 0.05) is 38.0 Å². The zero-order valence-corrected chi connectivity index (χ0v) is 17.3. The van der Waals surface area contributed by atoms with E-state index in [4.69, 9.17) is 13.3 Å². The third-order valence-corrected chi connectivity index (χ3v) is 7.64. The van der Waals surface area contributed by atoms with Crippen LogP contribution in [0.2, 0.25) is 6.04 Å². The molecule has 0 saturated carbocycles. The van der Waals surface area contributed by atoms with Crippen LogP contribution in [-0.2, 0) is 18.1 Å². The molecule has 0 spiro atoms. The van der Waals surface area contributed by atoms with Gasteiger partial charge in [0.15, 0.2) is 5.12 Å². The molecule has 0 aliphatic rings. The van der Waals surface area contributed by atoms with Crippen molar-refractivity contribution in [2.45, 2.75) is 78.7 Å². The number of rotatable bonds is 16. The average molecular weight is 397 g/mol. The first kappa shape index (κ1) is 26.6. The van der Waals surface area contributed by atoms with E-state index in [2.05, 4.69) is 6.92 Å². The third kappa shape index (κ3) is 13.6. The fraction of sp³-hybridized carbons (Fsp3) is 0.941. The van der Waals surface area contributed by atoms with Crippen molar-refractivity contribution in [3.8, 4) is 0 Å². The summed E-state index contributed by atoms with van der Waals surface area (Å²) in [5.41, 5.74) is 0. The van der Waals surface area contributed by atoms with Gasteiger partial charge in [-0.2, -0.15) is 0 Å². The van der Waals surface area contributed by atoms with Gasteiger partial charge in [-0.3, -0.25) is 4.79 Å². The van der Waals surface area contributed by atoms with Gasteiger partial charge in [0.25, 0.3) is 0 Å². The minimum absolute atomic E-state index is 0. The molecule has 0 fully saturated rings. The molecule has 0 N–H and O–H groups in total. The van der Waals surface area contributed by atoms with Gasteiger partial charge in [0.2, 0.25) is 0 Å². The van der Waals surface area contributed by atoms with E-state index in [1.807, 2.05) is 20.8 Å². The maximum Gasteiger partial charge on any atom is 0.500 e. The second kappa shape index (κ2) is 18.1. The minimum atomic E-state index is -2.53. The molecule has 0 amide bonds. The molecule has 0 unspecified atom stereocenters. The van der Waals surface area contributed by atoms with Crippen molar-refractivity contribution < 1.29 is 18.1 Å². The SMILES string of the molecule is CCCCCCCC(=O)SCCC[Si](OCC)(OCC)OCC.[SiH4]. The number of hydrogen-bond acceptors (Lipinski definition) is 5. The van der Waals surface area contributed by atoms with Crippen LogP contribution in [0, 0.1) is 0 Å². The molecule has 0 aromatic carbocycles. The van der Waals surface area contributed by atoms with Crippen LogP contribution >= 0.6 is 11.8 Å². The van der Waals surface area contributed by atoms with Gasteiger partial charge in [-0.1, -0.05) is 44.4 Å². The second-order valence-electron chi connectivity index (χ2n) is 5.47. The molecular formula is C17H40O4SSi2. The molecule has 0 rings (SSSR count). The normalized spacial score (nSPS) is 11.3. The summed E-state index contributed by atoms with van der Waals surface area (Å²) < 4.78 is 17.5. The molecule has 0 heterocycles. The van der Waals surface area contributed by atoms with Crippen molar-refractivity contribution in [1.82, 2.24) is 0 Å². The number of hydrogen-bond donors (Lipinski definition) is 0. The van der Waals surface area contributed by atoms with Crippen LogP contribution in [0.3, 0.4) is 0 Å². The molecule has 0 aromatic heterocycles. The molecule has 0 aliphatic heterocycles. The number of carbonyl (C=O) groups excluding carboxylic acids is 1. The zero-order chi connectivity index (χ0) is 17.4. The summed E-state index contributed by atoms with van der Waals surface area (Å²) in [6, 6.07) is 0.791. The van der Waals surface area contributed by atoms with E-state index >= 15 is 0 Å². The summed E-state index contributed by atoms with van der Waals surface area (Å²) >= 11 is 1.45. The highest BCUT2D eigenvalue weighted by atomic mass is 32.2. The summed E-state index contributed by atoms with van der Waals surface area (Å²) in [6.45, 7) is 9.93. The van der Waals surface area contributed by atoms with Crippen molar-refractivity contribution in [3.63, 3.8) is 0 Å². The standard InChI is InChI=1S/C17H36O4SSi.H4Si/c1-5-9-10-11-12-14-17(18)22-15-13-16-23(19-6-2,20-7-3)21-8-4;/h5-16H2,1-4H3;1H4. The Hall–Kier alpha value is 0.334. The highest BCUT2D eigenvalue weighted by Crippen LogP contribution is 2.21. The summed E-state index contributed by atoms with van der Waals surface area (Å²) in [7, 11) is -2.53. The van der Waals surface area contributed by atoms with E-state index < -0.39 is 8.80 Å². The molecule has 4 nitrogen and oxygen atoms in total. The summed E-state index contributed by atoms with van der Waals surface area (Å²) in [4.78, 5) is 11.9. The predicted octanol–water partition coefficient (Wildman–Crippen LogP) is 3.59. The van der Waals surface area contributed by atoms with Crippen molar-refractivity contribution in [1.29, 1.82) is 0 Å². The first-order valence-corrected chi connectivity index (χ1v) is 12.1. The van der Waals surface area contributed by atoms with Gasteiger partial charge in [-0.15, -0.1) is 0 Å². The lowest BCUT2D eigenvalue weighted by Crippen LogP contribution is -2.46. The van der Waals surface area contributed by atoms with E-state index in [1.165, 1.54) is 37.4 Å². The van der Waals surface area contributed by atoms with Gasteiger partial charge >= 0.3 is 8.80 Å². The Bertz CT molecular complexity index is 277. The molecule has 0 aliphatic carbocycles. The van der Waals surface area contributed by atoms with Crippen molar-refractivity contribution >= 4 is 36.6 Å². The van der Waals surface area contributed by atoms with Crippen molar-refractivity contribution in [3.05, 3.63) is 0 Å². The van der Waals surface area contributed by atoms with Gasteiger partial charge in [-0.05, 0) is 44.6 Å². The molecule has 24 heavy (non-hydrogen) atoms. The Morgan fingerprint density at radius 1 is 0.833 bits per heavy atom. The van der Waals surface area contributed by atoms with E-state index in [-0.39, 0.29) is 11.0 Å². The monoisotopic (exact) mass is 396 g/mol. The van der Waals surface area contributed by atoms with Crippen LogP contribution in [0.4, 0.5) is 0 Å². The van der Waals surface area contributed by atoms with Crippen LogP contribution in [0.5, 0.6) is 0 Å². The Kier molecular flexibility index (Phi) is 20.1. The van der Waals surface area contributed by atoms with Crippen LogP contribution in [0.25, 0.3) is 0 Å². The molecule has 0 bridgehead atoms. The average Bonchev–Trinajstić information content (AvgIpc) is 2.52. The van der Waals surface area contributed by atoms with Crippen LogP contribution in [-0.4, -0.2) is 50.5 Å². The molecule has 7 heteroatoms. The van der Waals surface area contributed by atoms with E-state index in [1.54, 1.807) is 0 Å². The largest absolute Gasteiger partial charge is 0.500 e. The van der Waals surface area contributed by atoms with Crippen LogP contribution in [0.15, 0.2) is 0 Å². The van der Waals surface area contributed by atoms with Crippen LogP contribution < -0.4 is 0 Å². The number of unbranched alkanes of at least 4 members (excludes halogenated alkanes) is 4. The van der Waals surface area contributed by atoms with Crippen molar-refractivity contribution in [2.75, 3.05) is 25.6 Å². The van der Waals surface area contributed by atoms with Gasteiger partial charge in [0.1, 0.15) is 0 Å². The highest BCUT2D eigenvalue weighted by molar-refractivity contribution is 8.13. The lowest BCUT2D eigenvalue weighted by Gasteiger charge is -2.28. The number of thioether (sulfide) groups is 1. The first-order valence-electron chi connectivity index (χ1n) is 9.21. The minimum Gasteiger partial charge on any atom is -0.374 e. The fourth-order valence-electron chi connectivity index (χ4n) is 2.42. The molecule has 0 aromatic rings. The van der Waals surface area contributed by atoms with Crippen LogP contribution in [0.1, 0.15) is 72.6 Å². The Balaban J connectivity index is 0. The summed E-state index contributed by atoms with van der Waals surface area (Å²) in [6.07, 6.45) is 7.59. The van der Waals surface area contributed by atoms with Gasteiger partial charge < -0.3 is 13.3 Å². The summed E-state index contributed by atoms with van der Waals surface area (Å²) in [5.74, 6) is 0.829. The van der Waals surface area contributed by atoms with E-state index in [9.17, 15) is 4.79 Å². The lowest BCUT2D eigenvalue weighted by molar-refractivity contribution is -0.111. The molecule has 0 atom stereocenters. The van der Waals surface area contributed by atoms with Gasteiger partial charge in [-0.25, -0.2) is 0 Å². The van der Waals surface area contributed by atoms with E-state index in [0.717, 1.165) is 24.6 Å². The maximum atomic E-state index is 11.9. The Morgan fingerprint density at radius 2 is 1.38 bits per heavy atom. The van der Waals surface area contributed by atoms with Crippen molar-refractivity contribution in [2.24, 2.45) is 0 Å². The predicted molar refractivity (Wildman–Crippen MR) is 112 cm³/mol. The summed E-state index contributed by atoms with van der Waals surface area (Å²) in [5, 5.41) is 0.318. The van der Waals surface area contributed by atoms with Gasteiger partial charge in [0.05, 0.1) is 0 Å². The second-order valence-corrected chi connectivity index (χ2v) is 9.35. The molecule has 146 valence electrons. The highest BCUT2D eigenvalue weighted by Gasteiger charge is 2.39. The molecular weight excluding hydrogens is 356 g/mol. The lowest BCUT2D eigenvalue weighted by atomic mass is 10.1. The Labute approximate surface area is 159 Å². The third-order valence-electron chi connectivity index (χ3n) is 3.47. The first-order chi connectivity index (χ1) is 11.1. The smallest absolute Gasteiger partial charge is 0.374 e. The van der Waals surface area contributed by atoms with E-state index in [0.29, 0.717) is 31.4 Å². The molecule has 0 saturated heterocycles. The zero-order valence-electron chi connectivity index (χ0n) is 15.5. The molecule has 0 radical (unpaired) electrons. The number of carbonyl (C=O) groups is 1.